The number of carbonyl (C=O) groups excluding carboxylic acids is 1. The molecule has 20 heavy (non-hydrogen) atoms. The number of hydrogen-bond donors (Lipinski definition) is 0. The Hall–Kier alpha value is -0.790. The van der Waals surface area contributed by atoms with Gasteiger partial charge in [0.15, 0.2) is 0 Å². The van der Waals surface area contributed by atoms with Crippen molar-refractivity contribution in [2.75, 3.05) is 7.05 Å². The highest BCUT2D eigenvalue weighted by molar-refractivity contribution is 9.11. The van der Waals surface area contributed by atoms with Crippen molar-refractivity contribution in [2.45, 2.75) is 6.54 Å². The van der Waals surface area contributed by atoms with Crippen LogP contribution in [-0.4, -0.2) is 17.9 Å². The predicted molar refractivity (Wildman–Crippen MR) is 81.9 cm³/mol. The first-order chi connectivity index (χ1) is 9.38. The Bertz CT molecular complexity index is 637. The van der Waals surface area contributed by atoms with Crippen molar-refractivity contribution in [3.8, 4) is 0 Å². The van der Waals surface area contributed by atoms with Crippen molar-refractivity contribution >= 4 is 49.1 Å². The standard InChI is InChI=1S/C13H9Br2F2NOS/c1-18(5-7-2-11(15)20-6-7)13(19)12-9(16)3-8(14)4-10(12)17/h2-4,6H,5H2,1H3. The summed E-state index contributed by atoms with van der Waals surface area (Å²) in [4.78, 5) is 13.4. The summed E-state index contributed by atoms with van der Waals surface area (Å²) in [5, 5.41) is 1.88. The van der Waals surface area contributed by atoms with Crippen LogP contribution in [0.3, 0.4) is 0 Å². The van der Waals surface area contributed by atoms with Gasteiger partial charge in [-0.1, -0.05) is 15.9 Å². The van der Waals surface area contributed by atoms with Crippen molar-refractivity contribution in [1.29, 1.82) is 0 Å². The molecule has 106 valence electrons. The third kappa shape index (κ3) is 3.45. The van der Waals surface area contributed by atoms with Crippen LogP contribution in [0.1, 0.15) is 15.9 Å². The molecule has 0 aliphatic rings. The van der Waals surface area contributed by atoms with Crippen LogP contribution >= 0.6 is 43.2 Å². The molecule has 0 N–H and O–H groups in total. The Morgan fingerprint density at radius 3 is 2.35 bits per heavy atom. The van der Waals surface area contributed by atoms with Crippen molar-refractivity contribution in [3.63, 3.8) is 0 Å². The van der Waals surface area contributed by atoms with Gasteiger partial charge in [-0.15, -0.1) is 11.3 Å². The van der Waals surface area contributed by atoms with Gasteiger partial charge in [0.05, 0.1) is 3.79 Å². The lowest BCUT2D eigenvalue weighted by atomic mass is 10.1. The fourth-order valence-electron chi connectivity index (χ4n) is 1.71. The Kier molecular flexibility index (Phi) is 4.93. The van der Waals surface area contributed by atoms with Gasteiger partial charge in [0.2, 0.25) is 0 Å². The second kappa shape index (κ2) is 6.32. The summed E-state index contributed by atoms with van der Waals surface area (Å²) in [6, 6.07) is 4.01. The molecule has 7 heteroatoms. The molecule has 0 bridgehead atoms. The number of halogens is 4. The van der Waals surface area contributed by atoms with Crippen LogP contribution in [0.4, 0.5) is 8.78 Å². The maximum Gasteiger partial charge on any atom is 0.259 e. The third-order valence-electron chi connectivity index (χ3n) is 2.61. The second-order valence-corrected chi connectivity index (χ2v) is 7.37. The highest BCUT2D eigenvalue weighted by Gasteiger charge is 2.22. The molecule has 2 nitrogen and oxygen atoms in total. The molecule has 0 spiro atoms. The molecule has 0 atom stereocenters. The van der Waals surface area contributed by atoms with Crippen LogP contribution in [0.15, 0.2) is 31.8 Å². The van der Waals surface area contributed by atoms with Crippen molar-refractivity contribution in [3.05, 3.63) is 54.6 Å². The normalized spacial score (nSPS) is 10.7. The van der Waals surface area contributed by atoms with Crippen LogP contribution in [-0.2, 0) is 6.54 Å². The Morgan fingerprint density at radius 1 is 1.25 bits per heavy atom. The second-order valence-electron chi connectivity index (χ2n) is 4.16. The van der Waals surface area contributed by atoms with Gasteiger partial charge >= 0.3 is 0 Å². The highest BCUT2D eigenvalue weighted by Crippen LogP contribution is 2.24. The molecule has 1 aromatic heterocycles. The lowest BCUT2D eigenvalue weighted by molar-refractivity contribution is 0.0775. The monoisotopic (exact) mass is 423 g/mol. The number of benzene rings is 1. The van der Waals surface area contributed by atoms with Gasteiger partial charge in [-0.25, -0.2) is 8.78 Å². The average Bonchev–Trinajstić information content (AvgIpc) is 2.73. The van der Waals surface area contributed by atoms with E-state index in [0.717, 1.165) is 21.5 Å². The van der Waals surface area contributed by atoms with E-state index in [2.05, 4.69) is 31.9 Å². The quantitative estimate of drug-likeness (QED) is 0.691. The molecule has 0 saturated heterocycles. The zero-order valence-electron chi connectivity index (χ0n) is 10.3. The molecule has 0 unspecified atom stereocenters. The van der Waals surface area contributed by atoms with Gasteiger partial charge in [-0.2, -0.15) is 0 Å². The van der Waals surface area contributed by atoms with Gasteiger partial charge in [0.25, 0.3) is 5.91 Å². The molecule has 0 aliphatic carbocycles. The predicted octanol–water partition coefficient (Wildman–Crippen LogP) is 4.82. The van der Waals surface area contributed by atoms with Crippen LogP contribution in [0.2, 0.25) is 0 Å². The third-order valence-corrected chi connectivity index (χ3v) is 4.62. The summed E-state index contributed by atoms with van der Waals surface area (Å²) >= 11 is 7.79. The zero-order valence-corrected chi connectivity index (χ0v) is 14.3. The minimum absolute atomic E-state index is 0.258. The van der Waals surface area contributed by atoms with Crippen LogP contribution in [0, 0.1) is 11.6 Å². The van der Waals surface area contributed by atoms with Crippen molar-refractivity contribution < 1.29 is 13.6 Å². The summed E-state index contributed by atoms with van der Waals surface area (Å²) in [5.74, 6) is -2.43. The van der Waals surface area contributed by atoms with E-state index in [1.54, 1.807) is 0 Å². The van der Waals surface area contributed by atoms with E-state index in [-0.39, 0.29) is 11.0 Å². The van der Waals surface area contributed by atoms with Crippen LogP contribution in [0.25, 0.3) is 0 Å². The Morgan fingerprint density at radius 2 is 1.85 bits per heavy atom. The van der Waals surface area contributed by atoms with Gasteiger partial charge in [-0.05, 0) is 45.1 Å². The molecule has 0 fully saturated rings. The van der Waals surface area contributed by atoms with E-state index in [4.69, 9.17) is 0 Å². The molecular formula is C13H9Br2F2NOS. The first kappa shape index (κ1) is 15.6. The molecule has 1 amide bonds. The Labute approximate surface area is 135 Å². The molecule has 0 aliphatic heterocycles. The van der Waals surface area contributed by atoms with E-state index >= 15 is 0 Å². The van der Waals surface area contributed by atoms with E-state index in [1.165, 1.54) is 23.3 Å². The number of thiophene rings is 1. The van der Waals surface area contributed by atoms with Gasteiger partial charge in [0, 0.05) is 18.1 Å². The number of nitrogens with zero attached hydrogens (tertiary/aromatic N) is 1. The summed E-state index contributed by atoms with van der Waals surface area (Å²) < 4.78 is 28.7. The first-order valence-electron chi connectivity index (χ1n) is 5.51. The number of hydrogen-bond acceptors (Lipinski definition) is 2. The van der Waals surface area contributed by atoms with Gasteiger partial charge in [-0.3, -0.25) is 4.79 Å². The fourth-order valence-corrected chi connectivity index (χ4v) is 3.31. The van der Waals surface area contributed by atoms with E-state index in [0.29, 0.717) is 0 Å². The SMILES string of the molecule is CN(Cc1csc(Br)c1)C(=O)c1c(F)cc(Br)cc1F. The molecule has 0 saturated carbocycles. The molecule has 1 aromatic carbocycles. The summed E-state index contributed by atoms with van der Waals surface area (Å²) in [6.07, 6.45) is 0. The summed E-state index contributed by atoms with van der Waals surface area (Å²) in [6.45, 7) is 0.288. The lowest BCUT2D eigenvalue weighted by Crippen LogP contribution is -2.27. The molecule has 0 radical (unpaired) electrons. The van der Waals surface area contributed by atoms with Crippen molar-refractivity contribution in [1.82, 2.24) is 4.90 Å². The maximum atomic E-state index is 13.7. The molecule has 1 heterocycles. The van der Waals surface area contributed by atoms with Crippen LogP contribution in [0.5, 0.6) is 0 Å². The first-order valence-corrected chi connectivity index (χ1v) is 7.98. The summed E-state index contributed by atoms with van der Waals surface area (Å²) in [7, 11) is 1.51. The molecule has 2 aromatic rings. The Balaban J connectivity index is 2.23. The number of rotatable bonds is 3. The van der Waals surface area contributed by atoms with Gasteiger partial charge < -0.3 is 4.90 Å². The fraction of sp³-hybridized carbons (Fsp3) is 0.154. The van der Waals surface area contributed by atoms with E-state index < -0.39 is 23.1 Å². The summed E-state index contributed by atoms with van der Waals surface area (Å²) in [5.41, 5.74) is 0.362. The van der Waals surface area contributed by atoms with Crippen LogP contribution < -0.4 is 0 Å². The lowest BCUT2D eigenvalue weighted by Gasteiger charge is -2.17. The zero-order chi connectivity index (χ0) is 14.9. The minimum Gasteiger partial charge on any atom is -0.337 e. The highest BCUT2D eigenvalue weighted by atomic mass is 79.9. The maximum absolute atomic E-state index is 13.7. The van der Waals surface area contributed by atoms with E-state index in [1.807, 2.05) is 11.4 Å². The largest absolute Gasteiger partial charge is 0.337 e. The minimum atomic E-state index is -0.875. The average molecular weight is 425 g/mol. The number of carbonyl (C=O) groups is 1. The smallest absolute Gasteiger partial charge is 0.259 e. The number of amides is 1. The van der Waals surface area contributed by atoms with E-state index in [9.17, 15) is 13.6 Å². The van der Waals surface area contributed by atoms with Crippen molar-refractivity contribution in [2.24, 2.45) is 0 Å². The molecular weight excluding hydrogens is 416 g/mol. The molecule has 2 rings (SSSR count). The van der Waals surface area contributed by atoms with Gasteiger partial charge in [0.1, 0.15) is 17.2 Å². The topological polar surface area (TPSA) is 20.3 Å².